The molecule has 3 N–H and O–H groups in total. The third-order valence-corrected chi connectivity index (χ3v) is 3.95. The van der Waals surface area contributed by atoms with Crippen LogP contribution >= 0.6 is 0 Å². The van der Waals surface area contributed by atoms with Gasteiger partial charge in [-0.2, -0.15) is 0 Å². The molecule has 0 aromatic carbocycles. The van der Waals surface area contributed by atoms with E-state index in [2.05, 4.69) is 25.3 Å². The maximum Gasteiger partial charge on any atom is 0.329 e. The number of fused-ring (bicyclic) bond motifs is 1. The number of carbonyl (C=O) groups is 1. The molecule has 0 atom stereocenters. The number of nitrogens with one attached hydrogen (secondary N) is 3. The Morgan fingerprint density at radius 2 is 2.07 bits per heavy atom. The Morgan fingerprint density at radius 3 is 2.79 bits per heavy atom. The molecule has 11 heteroatoms. The number of anilines is 1. The van der Waals surface area contributed by atoms with Gasteiger partial charge in [0.2, 0.25) is 11.8 Å². The van der Waals surface area contributed by atoms with Crippen LogP contribution in [0.5, 0.6) is 5.88 Å². The lowest BCUT2D eigenvalue weighted by atomic mass is 10.3. The maximum absolute atomic E-state index is 12.1. The van der Waals surface area contributed by atoms with Crippen molar-refractivity contribution in [2.45, 2.75) is 12.8 Å². The van der Waals surface area contributed by atoms with Gasteiger partial charge in [0.1, 0.15) is 17.9 Å². The van der Waals surface area contributed by atoms with Gasteiger partial charge in [-0.1, -0.05) is 0 Å². The maximum atomic E-state index is 12.1. The predicted molar refractivity (Wildman–Crippen MR) is 101 cm³/mol. The summed E-state index contributed by atoms with van der Waals surface area (Å²) in [5.41, 5.74) is -0.105. The van der Waals surface area contributed by atoms with Crippen LogP contribution in [0.25, 0.3) is 11.2 Å². The quantitative estimate of drug-likeness (QED) is 0.459. The van der Waals surface area contributed by atoms with Gasteiger partial charge >= 0.3 is 5.69 Å². The van der Waals surface area contributed by atoms with Gasteiger partial charge in [0.05, 0.1) is 18.5 Å². The molecule has 0 saturated carbocycles. The lowest BCUT2D eigenvalue weighted by Gasteiger charge is -2.07. The van der Waals surface area contributed by atoms with Gasteiger partial charge in [0.15, 0.2) is 5.65 Å². The fourth-order valence-corrected chi connectivity index (χ4v) is 2.50. The van der Waals surface area contributed by atoms with Crippen molar-refractivity contribution in [3.05, 3.63) is 45.0 Å². The molecule has 0 bridgehead atoms. The number of aryl methyl sites for hydroxylation is 2. The minimum absolute atomic E-state index is 0.137. The van der Waals surface area contributed by atoms with E-state index in [0.717, 1.165) is 0 Å². The highest BCUT2D eigenvalue weighted by Gasteiger charge is 2.12. The highest BCUT2D eigenvalue weighted by atomic mass is 16.5. The largest absolute Gasteiger partial charge is 0.475 e. The molecule has 0 fully saturated rings. The van der Waals surface area contributed by atoms with Crippen LogP contribution in [0.4, 0.5) is 5.69 Å². The number of ether oxygens (including phenoxy) is 2. The Labute approximate surface area is 158 Å². The van der Waals surface area contributed by atoms with Crippen LogP contribution in [0, 0.1) is 0 Å². The molecule has 3 heterocycles. The van der Waals surface area contributed by atoms with Crippen LogP contribution in [-0.2, 0) is 23.0 Å². The van der Waals surface area contributed by atoms with E-state index in [4.69, 9.17) is 9.47 Å². The number of hydrogen-bond donors (Lipinski definition) is 3. The molecule has 0 radical (unpaired) electrons. The Balaban J connectivity index is 1.58. The van der Waals surface area contributed by atoms with E-state index < -0.39 is 11.2 Å². The molecule has 0 aliphatic heterocycles. The first kappa shape index (κ1) is 19.3. The predicted octanol–water partition coefficient (Wildman–Crippen LogP) is -0.0586. The molecule has 0 aliphatic carbocycles. The number of imidazole rings is 1. The van der Waals surface area contributed by atoms with Crippen molar-refractivity contribution in [3.8, 4) is 5.88 Å². The van der Waals surface area contributed by atoms with Crippen molar-refractivity contribution in [1.82, 2.24) is 24.5 Å². The van der Waals surface area contributed by atoms with Crippen LogP contribution < -0.4 is 21.3 Å². The van der Waals surface area contributed by atoms with E-state index in [0.29, 0.717) is 30.6 Å². The lowest BCUT2D eigenvalue weighted by molar-refractivity contribution is -0.116. The average Bonchev–Trinajstić information content (AvgIpc) is 3.11. The summed E-state index contributed by atoms with van der Waals surface area (Å²) in [6.45, 7) is 0.850. The van der Waals surface area contributed by atoms with Crippen molar-refractivity contribution in [3.63, 3.8) is 0 Å². The van der Waals surface area contributed by atoms with Gasteiger partial charge in [0.25, 0.3) is 5.56 Å². The summed E-state index contributed by atoms with van der Waals surface area (Å²) in [6.07, 6.45) is 1.91. The van der Waals surface area contributed by atoms with Crippen molar-refractivity contribution < 1.29 is 14.3 Å². The standard InChI is InChI=1S/C17H20N6O5/c1-23-15-14(16(25)22-17(23)26)20-11(21-15)4-5-12(24)19-10-3-6-13(18-9-10)28-8-7-27-2/h3,6,9H,4-5,7-8H2,1-2H3,(H,19,24)(H,20,21)(H,22,25,26). The summed E-state index contributed by atoms with van der Waals surface area (Å²) in [5.74, 6) is 0.642. The van der Waals surface area contributed by atoms with Crippen LogP contribution in [0.2, 0.25) is 0 Å². The molecule has 148 valence electrons. The second-order valence-electron chi connectivity index (χ2n) is 5.97. The SMILES string of the molecule is COCCOc1ccc(NC(=O)CCc2nc3c([nH]2)c(=O)[nH]c(=O)n3C)cn1. The summed E-state index contributed by atoms with van der Waals surface area (Å²) in [6, 6.07) is 3.33. The minimum atomic E-state index is -0.546. The molecular weight excluding hydrogens is 368 g/mol. The average molecular weight is 388 g/mol. The van der Waals surface area contributed by atoms with Gasteiger partial charge in [0, 0.05) is 33.1 Å². The Morgan fingerprint density at radius 1 is 1.25 bits per heavy atom. The first-order valence-electron chi connectivity index (χ1n) is 8.53. The number of rotatable bonds is 8. The first-order chi connectivity index (χ1) is 13.5. The van der Waals surface area contributed by atoms with Crippen LogP contribution in [-0.4, -0.2) is 50.7 Å². The highest BCUT2D eigenvalue weighted by Crippen LogP contribution is 2.12. The molecular formula is C17H20N6O5. The minimum Gasteiger partial charge on any atom is -0.475 e. The molecule has 0 unspecified atom stereocenters. The second kappa shape index (κ2) is 8.48. The third-order valence-electron chi connectivity index (χ3n) is 3.95. The van der Waals surface area contributed by atoms with E-state index in [1.807, 2.05) is 0 Å². The van der Waals surface area contributed by atoms with Crippen LogP contribution in [0.1, 0.15) is 12.2 Å². The molecule has 3 aromatic heterocycles. The van der Waals surface area contributed by atoms with Gasteiger partial charge < -0.3 is 19.8 Å². The number of amides is 1. The van der Waals surface area contributed by atoms with Gasteiger partial charge in [-0.25, -0.2) is 14.8 Å². The zero-order valence-corrected chi connectivity index (χ0v) is 15.4. The molecule has 0 spiro atoms. The second-order valence-corrected chi connectivity index (χ2v) is 5.97. The van der Waals surface area contributed by atoms with Crippen LogP contribution in [0.3, 0.4) is 0 Å². The fourth-order valence-electron chi connectivity index (χ4n) is 2.50. The van der Waals surface area contributed by atoms with Gasteiger partial charge in [-0.3, -0.25) is 19.1 Å². The molecule has 0 saturated heterocycles. The molecule has 28 heavy (non-hydrogen) atoms. The molecule has 3 aromatic rings. The summed E-state index contributed by atoms with van der Waals surface area (Å²) >= 11 is 0. The zero-order valence-electron chi connectivity index (χ0n) is 15.4. The number of aromatic nitrogens is 5. The van der Waals surface area contributed by atoms with Gasteiger partial charge in [-0.05, 0) is 6.07 Å². The van der Waals surface area contributed by atoms with Crippen molar-refractivity contribution in [1.29, 1.82) is 0 Å². The summed E-state index contributed by atoms with van der Waals surface area (Å²) in [7, 11) is 3.09. The monoisotopic (exact) mass is 388 g/mol. The highest BCUT2D eigenvalue weighted by molar-refractivity contribution is 5.90. The Bertz CT molecular complexity index is 1080. The van der Waals surface area contributed by atoms with Crippen molar-refractivity contribution in [2.24, 2.45) is 7.05 Å². The lowest BCUT2D eigenvalue weighted by Crippen LogP contribution is -2.28. The fraction of sp³-hybridized carbons (Fsp3) is 0.353. The van der Waals surface area contributed by atoms with Gasteiger partial charge in [-0.15, -0.1) is 0 Å². The number of pyridine rings is 1. The van der Waals surface area contributed by atoms with E-state index >= 15 is 0 Å². The summed E-state index contributed by atoms with van der Waals surface area (Å²) < 4.78 is 11.5. The Kier molecular flexibility index (Phi) is 5.84. The number of nitrogens with zero attached hydrogens (tertiary/aromatic N) is 3. The van der Waals surface area contributed by atoms with Crippen molar-refractivity contribution >= 4 is 22.8 Å². The number of carbonyl (C=O) groups excluding carboxylic acids is 1. The number of aromatic amines is 2. The third kappa shape index (κ3) is 4.43. The van der Waals surface area contributed by atoms with E-state index in [-0.39, 0.29) is 29.9 Å². The normalized spacial score (nSPS) is 10.9. The summed E-state index contributed by atoms with van der Waals surface area (Å²) in [4.78, 5) is 48.9. The van der Waals surface area contributed by atoms with E-state index in [1.54, 1.807) is 19.2 Å². The molecule has 1 amide bonds. The topological polar surface area (TPSA) is 144 Å². The molecule has 0 aliphatic rings. The number of methoxy groups -OCH3 is 1. The Hall–Kier alpha value is -3.47. The first-order valence-corrected chi connectivity index (χ1v) is 8.53. The van der Waals surface area contributed by atoms with Crippen molar-refractivity contribution in [2.75, 3.05) is 25.6 Å². The molecule has 11 nitrogen and oxygen atoms in total. The van der Waals surface area contributed by atoms with Crippen LogP contribution in [0.15, 0.2) is 27.9 Å². The molecule has 3 rings (SSSR count). The zero-order chi connectivity index (χ0) is 20.1. The summed E-state index contributed by atoms with van der Waals surface area (Å²) in [5, 5.41) is 2.73. The van der Waals surface area contributed by atoms with E-state index in [1.165, 1.54) is 17.8 Å². The van der Waals surface area contributed by atoms with E-state index in [9.17, 15) is 14.4 Å². The number of hydrogen-bond acceptors (Lipinski definition) is 7. The smallest absolute Gasteiger partial charge is 0.329 e. The number of H-pyrrole nitrogens is 2.